The second-order valence-corrected chi connectivity index (χ2v) is 6.98. The van der Waals surface area contributed by atoms with Gasteiger partial charge in [-0.25, -0.2) is 9.48 Å². The highest BCUT2D eigenvalue weighted by molar-refractivity contribution is 5.66. The van der Waals surface area contributed by atoms with Crippen LogP contribution in [0.15, 0.2) is 0 Å². The maximum atomic E-state index is 11.2. The van der Waals surface area contributed by atoms with E-state index in [-0.39, 0.29) is 6.09 Å². The zero-order valence-corrected chi connectivity index (χ0v) is 13.7. The predicted molar refractivity (Wildman–Crippen MR) is 82.4 cm³/mol. The van der Waals surface area contributed by atoms with Gasteiger partial charge in [0.05, 0.1) is 18.0 Å². The quantitative estimate of drug-likeness (QED) is 0.924. The topological polar surface area (TPSA) is 69.0 Å². The molecule has 0 radical (unpaired) electrons. The van der Waals surface area contributed by atoms with E-state index in [0.717, 1.165) is 32.2 Å². The summed E-state index contributed by atoms with van der Waals surface area (Å²) >= 11 is 0. The van der Waals surface area contributed by atoms with Crippen LogP contribution in [0.4, 0.5) is 4.79 Å². The van der Waals surface area contributed by atoms with Crippen LogP contribution in [0.25, 0.3) is 0 Å². The first-order valence-electron chi connectivity index (χ1n) is 8.36. The van der Waals surface area contributed by atoms with Gasteiger partial charge in [-0.15, -0.1) is 5.10 Å². The largest absolute Gasteiger partial charge is 0.449 e. The zero-order chi connectivity index (χ0) is 15.7. The molecule has 1 amide bonds. The highest BCUT2D eigenvalue weighted by atomic mass is 16.5. The third kappa shape index (κ3) is 3.10. The number of rotatable bonds is 4. The number of carbonyl (C=O) groups excluding carboxylic acids is 1. The first kappa shape index (κ1) is 15.3. The van der Waals surface area contributed by atoms with Crippen molar-refractivity contribution in [2.45, 2.75) is 46.1 Å². The number of hydrogen-bond donors (Lipinski definition) is 1. The Morgan fingerprint density at radius 3 is 2.77 bits per heavy atom. The van der Waals surface area contributed by atoms with Gasteiger partial charge in [-0.2, -0.15) is 0 Å². The summed E-state index contributed by atoms with van der Waals surface area (Å²) in [6.45, 7) is 5.91. The van der Waals surface area contributed by atoms with Crippen molar-refractivity contribution < 1.29 is 9.53 Å². The van der Waals surface area contributed by atoms with Crippen LogP contribution in [0.1, 0.15) is 38.1 Å². The van der Waals surface area contributed by atoms with E-state index in [1.165, 1.54) is 11.4 Å². The number of ether oxygens (including phenoxy) is 1. The maximum Gasteiger partial charge on any atom is 0.406 e. The van der Waals surface area contributed by atoms with Crippen molar-refractivity contribution in [2.24, 2.45) is 23.7 Å². The van der Waals surface area contributed by atoms with Gasteiger partial charge in [-0.05, 0) is 49.4 Å². The molecule has 0 aliphatic heterocycles. The molecule has 3 rings (SSSR count). The van der Waals surface area contributed by atoms with Crippen LogP contribution in [0.3, 0.4) is 0 Å². The summed E-state index contributed by atoms with van der Waals surface area (Å²) in [4.78, 5) is 11.2. The molecular weight excluding hydrogens is 280 g/mol. The van der Waals surface area contributed by atoms with Gasteiger partial charge < -0.3 is 10.1 Å². The van der Waals surface area contributed by atoms with Crippen molar-refractivity contribution in [3.8, 4) is 0 Å². The Morgan fingerprint density at radius 2 is 2.09 bits per heavy atom. The minimum atomic E-state index is -0.322. The van der Waals surface area contributed by atoms with Crippen molar-refractivity contribution in [1.29, 1.82) is 0 Å². The molecule has 3 atom stereocenters. The van der Waals surface area contributed by atoms with Crippen LogP contribution in [0, 0.1) is 23.7 Å². The first-order valence-corrected chi connectivity index (χ1v) is 8.36. The Kier molecular flexibility index (Phi) is 4.36. The van der Waals surface area contributed by atoms with Crippen molar-refractivity contribution >= 4 is 6.09 Å². The second kappa shape index (κ2) is 6.26. The van der Waals surface area contributed by atoms with Gasteiger partial charge in [-0.3, -0.25) is 0 Å². The Hall–Kier alpha value is -1.59. The summed E-state index contributed by atoms with van der Waals surface area (Å²) < 4.78 is 7.34. The highest BCUT2D eigenvalue weighted by Gasteiger charge is 2.50. The van der Waals surface area contributed by atoms with E-state index >= 15 is 0 Å². The van der Waals surface area contributed by atoms with E-state index in [4.69, 9.17) is 4.74 Å². The van der Waals surface area contributed by atoms with E-state index in [9.17, 15) is 4.79 Å². The lowest BCUT2D eigenvalue weighted by molar-refractivity contribution is 0.139. The minimum Gasteiger partial charge on any atom is -0.449 e. The van der Waals surface area contributed by atoms with Crippen LogP contribution in [0.2, 0.25) is 0 Å². The number of nitrogens with zero attached hydrogens (tertiary/aromatic N) is 3. The number of aryl methyl sites for hydroxylation is 1. The summed E-state index contributed by atoms with van der Waals surface area (Å²) in [7, 11) is 1.60. The Bertz CT molecular complexity index is 540. The van der Waals surface area contributed by atoms with Gasteiger partial charge in [0.15, 0.2) is 0 Å². The molecule has 6 nitrogen and oxygen atoms in total. The molecule has 0 unspecified atom stereocenters. The van der Waals surface area contributed by atoms with Gasteiger partial charge in [-0.1, -0.05) is 19.1 Å². The fourth-order valence-corrected chi connectivity index (χ4v) is 3.81. The average Bonchev–Trinajstić information content (AvgIpc) is 2.99. The Balaban J connectivity index is 1.60. The molecule has 122 valence electrons. The summed E-state index contributed by atoms with van der Waals surface area (Å²) in [5.74, 6) is 2.50. The molecular formula is C16H26N4O2. The molecule has 1 heterocycles. The van der Waals surface area contributed by atoms with E-state index < -0.39 is 0 Å². The molecule has 1 fully saturated rings. The van der Waals surface area contributed by atoms with Crippen molar-refractivity contribution in [2.75, 3.05) is 13.7 Å². The molecule has 0 aromatic carbocycles. The molecule has 2 aliphatic rings. The second-order valence-electron chi connectivity index (χ2n) is 6.98. The van der Waals surface area contributed by atoms with Gasteiger partial charge in [0.25, 0.3) is 0 Å². The van der Waals surface area contributed by atoms with Crippen molar-refractivity contribution in [1.82, 2.24) is 20.3 Å². The molecule has 6 heteroatoms. The van der Waals surface area contributed by atoms with Gasteiger partial charge >= 0.3 is 6.09 Å². The number of alkyl carbamates (subject to hydrolysis) is 1. The Morgan fingerprint density at radius 1 is 1.36 bits per heavy atom. The third-order valence-corrected chi connectivity index (χ3v) is 5.01. The Labute approximate surface area is 131 Å². The van der Waals surface area contributed by atoms with Crippen LogP contribution >= 0.6 is 0 Å². The summed E-state index contributed by atoms with van der Waals surface area (Å²) in [5, 5.41) is 11.2. The SMILES string of the molecule is CNC(=O)OC[C@@H]1[C@@H]2CCc3nnn(CC(C)C)c3CC[C@@H]21. The first-order chi connectivity index (χ1) is 10.6. The number of hydrogen-bond acceptors (Lipinski definition) is 4. The normalized spacial score (nSPS) is 26.6. The van der Waals surface area contributed by atoms with Gasteiger partial charge in [0, 0.05) is 13.6 Å². The van der Waals surface area contributed by atoms with Gasteiger partial charge in [0.1, 0.15) is 0 Å². The van der Waals surface area contributed by atoms with E-state index in [0.29, 0.717) is 30.3 Å². The number of fused-ring (bicyclic) bond motifs is 2. The molecule has 2 aliphatic carbocycles. The van der Waals surface area contributed by atoms with Crippen LogP contribution in [-0.4, -0.2) is 34.7 Å². The number of aromatic nitrogens is 3. The highest BCUT2D eigenvalue weighted by Crippen LogP contribution is 2.52. The molecule has 22 heavy (non-hydrogen) atoms. The number of amides is 1. The molecule has 1 aromatic rings. The molecule has 1 aromatic heterocycles. The lowest BCUT2D eigenvalue weighted by atomic mass is 10.0. The number of carbonyl (C=O) groups is 1. The molecule has 1 saturated carbocycles. The third-order valence-electron chi connectivity index (χ3n) is 5.01. The van der Waals surface area contributed by atoms with Crippen molar-refractivity contribution in [3.05, 3.63) is 11.4 Å². The maximum absolute atomic E-state index is 11.2. The summed E-state index contributed by atoms with van der Waals surface area (Å²) in [6.07, 6.45) is 4.03. The van der Waals surface area contributed by atoms with E-state index in [1.807, 2.05) is 0 Å². The zero-order valence-electron chi connectivity index (χ0n) is 13.7. The molecule has 0 bridgehead atoms. The lowest BCUT2D eigenvalue weighted by Gasteiger charge is -2.12. The summed E-state index contributed by atoms with van der Waals surface area (Å²) in [6, 6.07) is 0. The monoisotopic (exact) mass is 306 g/mol. The fraction of sp³-hybridized carbons (Fsp3) is 0.812. The van der Waals surface area contributed by atoms with E-state index in [2.05, 4.69) is 34.2 Å². The number of nitrogens with one attached hydrogen (secondary N) is 1. The van der Waals surface area contributed by atoms with Crippen LogP contribution < -0.4 is 5.32 Å². The van der Waals surface area contributed by atoms with Crippen LogP contribution in [0.5, 0.6) is 0 Å². The minimum absolute atomic E-state index is 0.322. The molecule has 0 spiro atoms. The average molecular weight is 306 g/mol. The van der Waals surface area contributed by atoms with Crippen molar-refractivity contribution in [3.63, 3.8) is 0 Å². The standard InChI is InChI=1S/C16H26N4O2/c1-10(2)8-20-15-7-5-12-11(4-6-14(15)18-19-20)13(12)9-22-16(21)17-3/h10-13H,4-9H2,1-3H3,(H,17,21)/t11-,12+,13-/m1/s1. The van der Waals surface area contributed by atoms with Crippen LogP contribution in [-0.2, 0) is 24.1 Å². The predicted octanol–water partition coefficient (Wildman–Crippen LogP) is 2.03. The lowest BCUT2D eigenvalue weighted by Crippen LogP contribution is -2.20. The summed E-state index contributed by atoms with van der Waals surface area (Å²) in [5.41, 5.74) is 2.50. The van der Waals surface area contributed by atoms with Gasteiger partial charge in [0.2, 0.25) is 0 Å². The fourth-order valence-electron chi connectivity index (χ4n) is 3.81. The van der Waals surface area contributed by atoms with E-state index in [1.54, 1.807) is 7.05 Å². The molecule has 0 saturated heterocycles. The smallest absolute Gasteiger partial charge is 0.406 e. The molecule has 1 N–H and O–H groups in total.